The molecule has 1 aliphatic heterocycles. The van der Waals surface area contributed by atoms with E-state index >= 15 is 0 Å². The van der Waals surface area contributed by atoms with Gasteiger partial charge in [0.05, 0.1) is 6.61 Å². The average Bonchev–Trinajstić information content (AvgIpc) is 1.90. The largest absolute Gasteiger partial charge is 0.321 e. The molecule has 2 nitrogen and oxygen atoms in total. The van der Waals surface area contributed by atoms with Crippen LogP contribution >= 0.6 is 18.0 Å². The molecule has 0 N–H and O–H groups in total. The molecule has 0 radical (unpaired) electrons. The van der Waals surface area contributed by atoms with E-state index in [1.165, 1.54) is 11.4 Å². The molecule has 0 aromatic carbocycles. The van der Waals surface area contributed by atoms with E-state index in [1.807, 2.05) is 6.92 Å². The zero-order valence-electron chi connectivity index (χ0n) is 5.50. The lowest BCUT2D eigenvalue weighted by Crippen LogP contribution is -2.01. The van der Waals surface area contributed by atoms with Crippen LogP contribution in [0.3, 0.4) is 0 Å². The lowest BCUT2D eigenvalue weighted by Gasteiger charge is -2.20. The minimum atomic E-state index is -2.18. The van der Waals surface area contributed by atoms with Gasteiger partial charge in [0, 0.05) is 11.9 Å². The first-order chi connectivity index (χ1) is 4.27. The van der Waals surface area contributed by atoms with Crippen LogP contribution in [0, 0.1) is 0 Å². The zero-order valence-corrected chi connectivity index (χ0v) is 7.21. The molecule has 1 saturated heterocycles. The molecule has 0 aromatic rings. The van der Waals surface area contributed by atoms with E-state index in [0.717, 1.165) is 12.2 Å². The SMILES string of the molecule is CCP1(=O)OCCCS1. The van der Waals surface area contributed by atoms with E-state index in [1.54, 1.807) is 0 Å². The van der Waals surface area contributed by atoms with Gasteiger partial charge in [0.25, 0.3) is 6.57 Å². The molecule has 1 fully saturated rings. The molecule has 0 spiro atoms. The van der Waals surface area contributed by atoms with Gasteiger partial charge >= 0.3 is 0 Å². The van der Waals surface area contributed by atoms with Crippen LogP contribution in [0.5, 0.6) is 0 Å². The summed E-state index contributed by atoms with van der Waals surface area (Å²) in [7, 11) is 0. The fraction of sp³-hybridized carbons (Fsp3) is 1.00. The van der Waals surface area contributed by atoms with Gasteiger partial charge in [-0.25, -0.2) is 0 Å². The first-order valence-electron chi connectivity index (χ1n) is 3.15. The molecule has 54 valence electrons. The average molecular weight is 166 g/mol. The highest BCUT2D eigenvalue weighted by atomic mass is 32.7. The highest BCUT2D eigenvalue weighted by Crippen LogP contribution is 2.61. The summed E-state index contributed by atoms with van der Waals surface area (Å²) in [5.74, 6) is 1.01. The number of hydrogen-bond donors (Lipinski definition) is 0. The van der Waals surface area contributed by atoms with Crippen LogP contribution in [0.25, 0.3) is 0 Å². The first-order valence-corrected chi connectivity index (χ1v) is 6.55. The molecule has 0 amide bonds. The van der Waals surface area contributed by atoms with Crippen molar-refractivity contribution in [2.24, 2.45) is 0 Å². The normalized spacial score (nSPS) is 36.6. The Hall–Kier alpha value is 0.540. The van der Waals surface area contributed by atoms with Crippen LogP contribution in [0.4, 0.5) is 0 Å². The Labute approximate surface area is 59.6 Å². The van der Waals surface area contributed by atoms with Gasteiger partial charge in [-0.05, 0) is 6.42 Å². The van der Waals surface area contributed by atoms with Crippen molar-refractivity contribution in [3.63, 3.8) is 0 Å². The van der Waals surface area contributed by atoms with Gasteiger partial charge in [-0.1, -0.05) is 18.3 Å². The molecule has 0 aromatic heterocycles. The number of rotatable bonds is 1. The highest BCUT2D eigenvalue weighted by Gasteiger charge is 2.24. The fourth-order valence-electron chi connectivity index (χ4n) is 0.686. The lowest BCUT2D eigenvalue weighted by atomic mass is 10.5. The Kier molecular flexibility index (Phi) is 2.62. The monoisotopic (exact) mass is 166 g/mol. The minimum absolute atomic E-state index is 0.678. The van der Waals surface area contributed by atoms with Gasteiger partial charge in [-0.3, -0.25) is 4.57 Å². The first kappa shape index (κ1) is 7.64. The minimum Gasteiger partial charge on any atom is -0.321 e. The van der Waals surface area contributed by atoms with Gasteiger partial charge in [-0.2, -0.15) is 0 Å². The van der Waals surface area contributed by atoms with Crippen molar-refractivity contribution in [3.8, 4) is 0 Å². The predicted molar refractivity (Wildman–Crippen MR) is 41.2 cm³/mol. The van der Waals surface area contributed by atoms with E-state index in [9.17, 15) is 4.57 Å². The maximum atomic E-state index is 11.3. The Bertz CT molecular complexity index is 127. The fourth-order valence-corrected chi connectivity index (χ4v) is 4.27. The quantitative estimate of drug-likeness (QED) is 0.559. The van der Waals surface area contributed by atoms with E-state index < -0.39 is 6.57 Å². The van der Waals surface area contributed by atoms with Crippen LogP contribution in [-0.4, -0.2) is 18.5 Å². The molecule has 1 rings (SSSR count). The van der Waals surface area contributed by atoms with Gasteiger partial charge in [0.1, 0.15) is 0 Å². The highest BCUT2D eigenvalue weighted by molar-refractivity contribution is 8.56. The predicted octanol–water partition coefficient (Wildman–Crippen LogP) is 2.35. The standard InChI is InChI=1S/C5H11O2PS/c1-2-8(6)7-4-3-5-9-8/h2-5H2,1H3. The van der Waals surface area contributed by atoms with Crippen molar-refractivity contribution >= 4 is 18.0 Å². The Morgan fingerprint density at radius 2 is 2.56 bits per heavy atom. The molecular weight excluding hydrogens is 155 g/mol. The van der Waals surface area contributed by atoms with Gasteiger partial charge in [0.15, 0.2) is 0 Å². The summed E-state index contributed by atoms with van der Waals surface area (Å²) < 4.78 is 16.5. The van der Waals surface area contributed by atoms with Gasteiger partial charge < -0.3 is 4.52 Å². The third-order valence-electron chi connectivity index (χ3n) is 1.25. The summed E-state index contributed by atoms with van der Waals surface area (Å²) in [5, 5.41) is 0. The van der Waals surface area contributed by atoms with Crippen molar-refractivity contribution in [1.82, 2.24) is 0 Å². The second-order valence-corrected chi connectivity index (χ2v) is 7.17. The van der Waals surface area contributed by atoms with E-state index in [2.05, 4.69) is 0 Å². The maximum absolute atomic E-state index is 11.3. The van der Waals surface area contributed by atoms with E-state index in [4.69, 9.17) is 4.52 Å². The zero-order chi connectivity index (χ0) is 6.74. The van der Waals surface area contributed by atoms with Crippen LogP contribution in [0.15, 0.2) is 0 Å². The third kappa shape index (κ3) is 1.99. The van der Waals surface area contributed by atoms with Crippen LogP contribution in [0.2, 0.25) is 0 Å². The van der Waals surface area contributed by atoms with Gasteiger partial charge in [0.2, 0.25) is 0 Å². The summed E-state index contributed by atoms with van der Waals surface area (Å²) in [6.45, 7) is 0.431. The summed E-state index contributed by atoms with van der Waals surface area (Å²) in [4.78, 5) is 0. The van der Waals surface area contributed by atoms with Crippen LogP contribution in [-0.2, 0) is 9.09 Å². The summed E-state index contributed by atoms with van der Waals surface area (Å²) in [6, 6.07) is 0. The van der Waals surface area contributed by atoms with Crippen molar-refractivity contribution in [2.45, 2.75) is 13.3 Å². The smallest absolute Gasteiger partial charge is 0.257 e. The molecule has 1 aliphatic rings. The molecule has 4 heteroatoms. The molecule has 9 heavy (non-hydrogen) atoms. The van der Waals surface area contributed by atoms with Crippen molar-refractivity contribution < 1.29 is 9.09 Å². The molecule has 1 atom stereocenters. The van der Waals surface area contributed by atoms with Gasteiger partial charge in [-0.15, -0.1) is 0 Å². The Balaban J connectivity index is 2.47. The molecule has 0 bridgehead atoms. The van der Waals surface area contributed by atoms with Crippen molar-refractivity contribution in [1.29, 1.82) is 0 Å². The third-order valence-corrected chi connectivity index (χ3v) is 6.29. The Morgan fingerprint density at radius 1 is 1.78 bits per heavy atom. The second-order valence-electron chi connectivity index (χ2n) is 1.95. The Morgan fingerprint density at radius 3 is 2.89 bits per heavy atom. The van der Waals surface area contributed by atoms with E-state index in [0.29, 0.717) is 12.8 Å². The van der Waals surface area contributed by atoms with E-state index in [-0.39, 0.29) is 0 Å². The summed E-state index contributed by atoms with van der Waals surface area (Å²) in [6.07, 6.45) is 1.73. The van der Waals surface area contributed by atoms with Crippen LogP contribution < -0.4 is 0 Å². The molecule has 1 unspecified atom stereocenters. The number of hydrogen-bond acceptors (Lipinski definition) is 3. The maximum Gasteiger partial charge on any atom is 0.257 e. The van der Waals surface area contributed by atoms with Crippen molar-refractivity contribution in [3.05, 3.63) is 0 Å². The molecular formula is C5H11O2PS. The van der Waals surface area contributed by atoms with Crippen LogP contribution in [0.1, 0.15) is 13.3 Å². The summed E-state index contributed by atoms with van der Waals surface area (Å²) >= 11 is 1.50. The molecule has 1 heterocycles. The lowest BCUT2D eigenvalue weighted by molar-refractivity contribution is 0.322. The second kappa shape index (κ2) is 3.09. The summed E-state index contributed by atoms with van der Waals surface area (Å²) in [5.41, 5.74) is 0. The molecule has 0 saturated carbocycles. The molecule has 0 aliphatic carbocycles. The van der Waals surface area contributed by atoms with Crippen molar-refractivity contribution in [2.75, 3.05) is 18.5 Å². The topological polar surface area (TPSA) is 26.3 Å².